The Morgan fingerprint density at radius 1 is 1.00 bits per heavy atom. The minimum atomic E-state index is -6.45. The van der Waals surface area contributed by atoms with E-state index in [0.717, 1.165) is 19.5 Å². The lowest BCUT2D eigenvalue weighted by atomic mass is 9.86. The smallest absolute Gasteiger partial charge is 0.341 e. The van der Waals surface area contributed by atoms with Crippen molar-refractivity contribution >= 4 is 11.7 Å². The normalized spacial score (nSPS) is 15.5. The first-order valence-corrected chi connectivity index (χ1v) is 7.39. The van der Waals surface area contributed by atoms with E-state index in [0.29, 0.717) is 24.5 Å². The second-order valence-electron chi connectivity index (χ2n) is 5.68. The van der Waals surface area contributed by atoms with Crippen LogP contribution in [0.25, 0.3) is 0 Å². The molecule has 10 heteroatoms. The summed E-state index contributed by atoms with van der Waals surface area (Å²) in [5, 5.41) is 4.05. The van der Waals surface area contributed by atoms with Gasteiger partial charge in [-0.1, -0.05) is 12.1 Å². The molecule has 140 valence electrons. The third-order valence-corrected chi connectivity index (χ3v) is 4.09. The van der Waals surface area contributed by atoms with Gasteiger partial charge in [0.05, 0.1) is 11.3 Å². The number of aryl methyl sites for hydroxylation is 1. The van der Waals surface area contributed by atoms with Crippen LogP contribution in [0.1, 0.15) is 29.5 Å². The Bertz CT molecular complexity index is 671. The quantitative estimate of drug-likeness (QED) is 0.748. The fourth-order valence-corrected chi connectivity index (χ4v) is 2.76. The van der Waals surface area contributed by atoms with Crippen molar-refractivity contribution in [2.45, 2.75) is 43.7 Å². The minimum absolute atomic E-state index is 0.157. The van der Waals surface area contributed by atoms with E-state index >= 15 is 0 Å². The molecule has 2 N–H and O–H groups in total. The molecule has 1 aliphatic carbocycles. The van der Waals surface area contributed by atoms with E-state index in [9.17, 15) is 35.5 Å². The predicted molar refractivity (Wildman–Crippen MR) is 76.1 cm³/mol. The lowest BCUT2D eigenvalue weighted by Crippen LogP contribution is -2.50. The molecule has 0 unspecified atom stereocenters. The van der Waals surface area contributed by atoms with Gasteiger partial charge < -0.3 is 10.6 Å². The molecule has 1 aromatic carbocycles. The molecular formula is C15H15F7N2O. The fraction of sp³-hybridized carbons (Fsp3) is 0.533. The average Bonchev–Trinajstić information content (AvgIpc) is 2.53. The van der Waals surface area contributed by atoms with Crippen LogP contribution in [0.15, 0.2) is 12.1 Å². The van der Waals surface area contributed by atoms with E-state index in [1.165, 1.54) is 0 Å². The molecule has 0 radical (unpaired) electrons. The van der Waals surface area contributed by atoms with Crippen LogP contribution >= 0.6 is 0 Å². The number of carbonyl (C=O) groups is 1. The molecule has 25 heavy (non-hydrogen) atoms. The molecule has 0 spiro atoms. The molecule has 0 fully saturated rings. The number of urea groups is 1. The number of halogens is 7. The summed E-state index contributed by atoms with van der Waals surface area (Å²) in [7, 11) is 1.16. The zero-order chi connectivity index (χ0) is 19.0. The van der Waals surface area contributed by atoms with E-state index in [4.69, 9.17) is 0 Å². The van der Waals surface area contributed by atoms with Crippen LogP contribution in [-0.4, -0.2) is 25.2 Å². The van der Waals surface area contributed by atoms with Gasteiger partial charge in [0.1, 0.15) is 0 Å². The Morgan fingerprint density at radius 2 is 1.60 bits per heavy atom. The van der Waals surface area contributed by atoms with Crippen LogP contribution < -0.4 is 10.6 Å². The summed E-state index contributed by atoms with van der Waals surface area (Å²) in [5.41, 5.74) is -1.55. The molecule has 0 saturated heterocycles. The highest BCUT2D eigenvalue weighted by Crippen LogP contribution is 2.54. The number of hydrogen-bond acceptors (Lipinski definition) is 1. The molecule has 2 rings (SSSR count). The summed E-state index contributed by atoms with van der Waals surface area (Å²) < 4.78 is 92.6. The molecule has 0 heterocycles. The number of hydrogen-bond donors (Lipinski definition) is 2. The fourth-order valence-electron chi connectivity index (χ4n) is 2.76. The van der Waals surface area contributed by atoms with Crippen molar-refractivity contribution in [3.8, 4) is 0 Å². The first-order chi connectivity index (χ1) is 11.4. The van der Waals surface area contributed by atoms with Gasteiger partial charge in [-0.2, -0.15) is 30.7 Å². The van der Waals surface area contributed by atoms with E-state index in [1.54, 1.807) is 0 Å². The Hall–Kier alpha value is -2.00. The highest BCUT2D eigenvalue weighted by molar-refractivity contribution is 5.91. The van der Waals surface area contributed by atoms with E-state index in [1.807, 2.05) is 5.32 Å². The topological polar surface area (TPSA) is 41.1 Å². The van der Waals surface area contributed by atoms with Crippen LogP contribution in [0.5, 0.6) is 0 Å². The molecule has 3 nitrogen and oxygen atoms in total. The third kappa shape index (κ3) is 3.25. The highest BCUT2D eigenvalue weighted by atomic mass is 19.4. The van der Waals surface area contributed by atoms with Crippen LogP contribution in [-0.2, 0) is 18.8 Å². The van der Waals surface area contributed by atoms with Gasteiger partial charge in [-0.3, -0.25) is 0 Å². The van der Waals surface area contributed by atoms with Gasteiger partial charge in [0, 0.05) is 7.05 Å². The van der Waals surface area contributed by atoms with Gasteiger partial charge in [-0.05, 0) is 36.8 Å². The predicted octanol–water partition coefficient (Wildman–Crippen LogP) is 4.61. The number of fused-ring (bicyclic) bond motifs is 1. The Kier molecular flexibility index (Phi) is 4.93. The number of rotatable bonds is 3. The van der Waals surface area contributed by atoms with E-state index < -0.39 is 35.3 Å². The molecule has 2 amide bonds. The van der Waals surface area contributed by atoms with Gasteiger partial charge in [0.15, 0.2) is 0 Å². The molecule has 0 saturated carbocycles. The largest absolute Gasteiger partial charge is 0.460 e. The van der Waals surface area contributed by atoms with Gasteiger partial charge in [-0.25, -0.2) is 4.79 Å². The molecular weight excluding hydrogens is 357 g/mol. The summed E-state index contributed by atoms with van der Waals surface area (Å²) in [6, 6.07) is 0.639. The van der Waals surface area contributed by atoms with Crippen LogP contribution in [0.3, 0.4) is 0 Å². The number of amides is 2. The summed E-state index contributed by atoms with van der Waals surface area (Å²) in [4.78, 5) is 11.5. The van der Waals surface area contributed by atoms with Crippen LogP contribution in [0, 0.1) is 0 Å². The number of nitrogens with one attached hydrogen (secondary N) is 2. The van der Waals surface area contributed by atoms with Crippen molar-refractivity contribution in [3.63, 3.8) is 0 Å². The number of alkyl halides is 7. The monoisotopic (exact) mass is 372 g/mol. The number of carbonyl (C=O) groups excluding carboxylic acids is 1. The van der Waals surface area contributed by atoms with Crippen molar-refractivity contribution in [2.75, 3.05) is 12.4 Å². The second kappa shape index (κ2) is 6.38. The molecule has 1 aromatic rings. The first-order valence-electron chi connectivity index (χ1n) is 7.39. The van der Waals surface area contributed by atoms with Crippen molar-refractivity contribution < 1.29 is 35.5 Å². The number of benzene rings is 1. The molecule has 0 atom stereocenters. The molecule has 0 aromatic heterocycles. The lowest BCUT2D eigenvalue weighted by molar-refractivity contribution is -0.359. The summed E-state index contributed by atoms with van der Waals surface area (Å²) in [5.74, 6) is -11.8. The van der Waals surface area contributed by atoms with Crippen molar-refractivity contribution in [1.82, 2.24) is 5.32 Å². The maximum absolute atomic E-state index is 14.2. The van der Waals surface area contributed by atoms with Gasteiger partial charge >= 0.3 is 24.1 Å². The first kappa shape index (κ1) is 19.3. The molecule has 0 aliphatic heterocycles. The third-order valence-electron chi connectivity index (χ3n) is 4.09. The number of anilines is 1. The van der Waals surface area contributed by atoms with Crippen molar-refractivity contribution in [2.24, 2.45) is 0 Å². The maximum Gasteiger partial charge on any atom is 0.460 e. The highest BCUT2D eigenvalue weighted by Gasteiger charge is 2.74. The molecule has 0 bridgehead atoms. The van der Waals surface area contributed by atoms with E-state index in [-0.39, 0.29) is 12.0 Å². The summed E-state index contributed by atoms with van der Waals surface area (Å²) >= 11 is 0. The Labute approximate surface area is 138 Å². The second-order valence-corrected chi connectivity index (χ2v) is 5.68. The SMILES string of the molecule is CNC(=O)Nc1c(C(F)(F)C(F)(F)C(F)(F)F)ccc2c1CCCC2. The molecule has 1 aliphatic rings. The van der Waals surface area contributed by atoms with Gasteiger partial charge in [0.25, 0.3) is 0 Å². The minimum Gasteiger partial charge on any atom is -0.341 e. The van der Waals surface area contributed by atoms with Gasteiger partial charge in [-0.15, -0.1) is 0 Å². The van der Waals surface area contributed by atoms with Crippen molar-refractivity contribution in [1.29, 1.82) is 0 Å². The average molecular weight is 372 g/mol. The van der Waals surface area contributed by atoms with Crippen molar-refractivity contribution in [3.05, 3.63) is 28.8 Å². The summed E-state index contributed by atoms with van der Waals surface area (Å²) in [6.45, 7) is 0. The zero-order valence-electron chi connectivity index (χ0n) is 13.0. The summed E-state index contributed by atoms with van der Waals surface area (Å²) in [6.07, 6.45) is -4.53. The maximum atomic E-state index is 14.2. The standard InChI is InChI=1S/C15H15F7N2O/c1-23-12(25)24-11-9-5-3-2-4-8(9)6-7-10(11)13(16,17)14(18,19)15(20,21)22/h6-7H,2-5H2,1H3,(H2,23,24,25). The zero-order valence-corrected chi connectivity index (χ0v) is 13.0. The lowest BCUT2D eigenvalue weighted by Gasteiger charge is -2.31. The van der Waals surface area contributed by atoms with Gasteiger partial charge in [0.2, 0.25) is 0 Å². The van der Waals surface area contributed by atoms with Crippen LogP contribution in [0.2, 0.25) is 0 Å². The van der Waals surface area contributed by atoms with Crippen LogP contribution in [0.4, 0.5) is 41.2 Å². The Balaban J connectivity index is 2.66. The Morgan fingerprint density at radius 3 is 2.16 bits per heavy atom. The van der Waals surface area contributed by atoms with E-state index in [2.05, 4.69) is 5.32 Å².